The summed E-state index contributed by atoms with van der Waals surface area (Å²) in [6.45, 7) is 5.83. The maximum Gasteiger partial charge on any atom is 0.148 e. The van der Waals surface area contributed by atoms with Crippen molar-refractivity contribution in [2.45, 2.75) is 58.6 Å². The Bertz CT molecular complexity index is 416. The summed E-state index contributed by atoms with van der Waals surface area (Å²) in [5.41, 5.74) is 7.72. The monoisotopic (exact) mass is 266 g/mol. The van der Waals surface area contributed by atoms with Crippen molar-refractivity contribution in [3.8, 4) is 0 Å². The number of nitrogens with zero attached hydrogens (tertiary/aromatic N) is 2. The normalized spacial score (nSPS) is 23.5. The lowest BCUT2D eigenvalue weighted by Gasteiger charge is -2.26. The average Bonchev–Trinajstić information content (AvgIpc) is 2.63. The molecule has 0 saturated heterocycles. The summed E-state index contributed by atoms with van der Waals surface area (Å²) in [6.07, 6.45) is 5.07. The quantitative estimate of drug-likeness (QED) is 0.763. The highest BCUT2D eigenvalue weighted by molar-refractivity contribution is 5.64. The molecule has 5 nitrogen and oxygen atoms in total. The summed E-state index contributed by atoms with van der Waals surface area (Å²) in [4.78, 5) is 0. The first kappa shape index (κ1) is 14.2. The molecule has 1 aromatic rings. The second-order valence-electron chi connectivity index (χ2n) is 5.64. The SMILES string of the molecule is CCCn1nc(C)c(N)c1NCC1CCCC(O)C1. The molecule has 2 atom stereocenters. The van der Waals surface area contributed by atoms with E-state index < -0.39 is 0 Å². The van der Waals surface area contributed by atoms with Crippen molar-refractivity contribution in [3.63, 3.8) is 0 Å². The van der Waals surface area contributed by atoms with Crippen LogP contribution in [-0.4, -0.2) is 27.5 Å². The highest BCUT2D eigenvalue weighted by Gasteiger charge is 2.21. The molecule has 1 aromatic heterocycles. The number of aryl methyl sites for hydroxylation is 2. The van der Waals surface area contributed by atoms with Crippen LogP contribution in [-0.2, 0) is 6.54 Å². The number of hydrogen-bond donors (Lipinski definition) is 3. The largest absolute Gasteiger partial charge is 0.394 e. The Hall–Kier alpha value is -1.23. The molecule has 19 heavy (non-hydrogen) atoms. The molecule has 4 N–H and O–H groups in total. The summed E-state index contributed by atoms with van der Waals surface area (Å²) in [5, 5.41) is 17.6. The smallest absolute Gasteiger partial charge is 0.148 e. The Morgan fingerprint density at radius 3 is 2.95 bits per heavy atom. The molecule has 2 rings (SSSR count). The lowest BCUT2D eigenvalue weighted by atomic mass is 9.87. The van der Waals surface area contributed by atoms with Gasteiger partial charge >= 0.3 is 0 Å². The highest BCUT2D eigenvalue weighted by atomic mass is 16.3. The Kier molecular flexibility index (Phi) is 4.69. The Balaban J connectivity index is 1.98. The third-order valence-corrected chi connectivity index (χ3v) is 3.92. The summed E-state index contributed by atoms with van der Waals surface area (Å²) < 4.78 is 1.96. The predicted molar refractivity (Wildman–Crippen MR) is 78.1 cm³/mol. The van der Waals surface area contributed by atoms with E-state index in [1.165, 1.54) is 6.42 Å². The number of rotatable bonds is 5. The van der Waals surface area contributed by atoms with E-state index in [1.54, 1.807) is 0 Å². The summed E-state index contributed by atoms with van der Waals surface area (Å²) >= 11 is 0. The minimum Gasteiger partial charge on any atom is -0.394 e. The lowest BCUT2D eigenvalue weighted by molar-refractivity contribution is 0.104. The molecule has 0 amide bonds. The third kappa shape index (κ3) is 3.41. The van der Waals surface area contributed by atoms with Gasteiger partial charge in [0.1, 0.15) is 5.82 Å². The summed E-state index contributed by atoms with van der Waals surface area (Å²) in [6, 6.07) is 0. The van der Waals surface area contributed by atoms with Crippen LogP contribution in [0.15, 0.2) is 0 Å². The maximum absolute atomic E-state index is 9.70. The third-order valence-electron chi connectivity index (χ3n) is 3.92. The van der Waals surface area contributed by atoms with Gasteiger partial charge in [-0.05, 0) is 38.5 Å². The number of aliphatic hydroxyl groups is 1. The van der Waals surface area contributed by atoms with Gasteiger partial charge in [-0.25, -0.2) is 4.68 Å². The van der Waals surface area contributed by atoms with Crippen LogP contribution < -0.4 is 11.1 Å². The summed E-state index contributed by atoms with van der Waals surface area (Å²) in [5.74, 6) is 1.48. The molecule has 1 saturated carbocycles. The van der Waals surface area contributed by atoms with Crippen molar-refractivity contribution in [3.05, 3.63) is 5.69 Å². The number of nitrogens with two attached hydrogens (primary N) is 1. The van der Waals surface area contributed by atoms with Gasteiger partial charge in [-0.15, -0.1) is 0 Å². The molecule has 1 aliphatic carbocycles. The summed E-state index contributed by atoms with van der Waals surface area (Å²) in [7, 11) is 0. The minimum absolute atomic E-state index is 0.125. The molecule has 1 aliphatic rings. The lowest BCUT2D eigenvalue weighted by Crippen LogP contribution is -2.25. The second-order valence-corrected chi connectivity index (χ2v) is 5.64. The van der Waals surface area contributed by atoms with E-state index in [0.717, 1.165) is 56.0 Å². The molecule has 0 bridgehead atoms. The first-order valence-electron chi connectivity index (χ1n) is 7.36. The van der Waals surface area contributed by atoms with Crippen LogP contribution >= 0.6 is 0 Å². The number of aliphatic hydroxyl groups excluding tert-OH is 1. The fraction of sp³-hybridized carbons (Fsp3) is 0.786. The van der Waals surface area contributed by atoms with E-state index in [9.17, 15) is 5.11 Å². The Morgan fingerprint density at radius 2 is 2.26 bits per heavy atom. The maximum atomic E-state index is 9.70. The molecule has 0 aliphatic heterocycles. The van der Waals surface area contributed by atoms with Crippen LogP contribution in [0.5, 0.6) is 0 Å². The predicted octanol–water partition coefficient (Wildman–Crippen LogP) is 2.15. The van der Waals surface area contributed by atoms with Gasteiger partial charge in [0.25, 0.3) is 0 Å². The fourth-order valence-electron chi connectivity index (χ4n) is 2.84. The van der Waals surface area contributed by atoms with Gasteiger partial charge < -0.3 is 16.2 Å². The van der Waals surface area contributed by atoms with Crippen molar-refractivity contribution < 1.29 is 5.11 Å². The van der Waals surface area contributed by atoms with Crippen molar-refractivity contribution >= 4 is 11.5 Å². The Morgan fingerprint density at radius 1 is 1.47 bits per heavy atom. The fourth-order valence-corrected chi connectivity index (χ4v) is 2.84. The number of nitrogens with one attached hydrogen (secondary N) is 1. The van der Waals surface area contributed by atoms with E-state index in [0.29, 0.717) is 5.92 Å². The first-order chi connectivity index (χ1) is 9.11. The van der Waals surface area contributed by atoms with Crippen LogP contribution in [0.1, 0.15) is 44.7 Å². The van der Waals surface area contributed by atoms with Crippen LogP contribution in [0.2, 0.25) is 0 Å². The topological polar surface area (TPSA) is 76.1 Å². The number of nitrogen functional groups attached to an aromatic ring is 1. The molecule has 1 heterocycles. The van der Waals surface area contributed by atoms with Gasteiger partial charge in [-0.3, -0.25) is 0 Å². The number of hydrogen-bond acceptors (Lipinski definition) is 4. The van der Waals surface area contributed by atoms with Crippen LogP contribution in [0, 0.1) is 12.8 Å². The van der Waals surface area contributed by atoms with E-state index in [4.69, 9.17) is 5.73 Å². The zero-order valence-electron chi connectivity index (χ0n) is 12.0. The van der Waals surface area contributed by atoms with Gasteiger partial charge in [0.15, 0.2) is 0 Å². The molecule has 0 aromatic carbocycles. The molecule has 1 fully saturated rings. The standard InChI is InChI=1S/C14H26N4O/c1-3-7-18-14(13(15)10(2)17-18)16-9-11-5-4-6-12(19)8-11/h11-12,16,19H,3-9,15H2,1-2H3. The highest BCUT2D eigenvalue weighted by Crippen LogP contribution is 2.27. The number of anilines is 2. The van der Waals surface area contributed by atoms with Gasteiger partial charge in [-0.1, -0.05) is 13.3 Å². The van der Waals surface area contributed by atoms with Gasteiger partial charge in [0.05, 0.1) is 17.5 Å². The van der Waals surface area contributed by atoms with Crippen LogP contribution in [0.25, 0.3) is 0 Å². The van der Waals surface area contributed by atoms with E-state index >= 15 is 0 Å². The van der Waals surface area contributed by atoms with E-state index in [2.05, 4.69) is 17.3 Å². The molecule has 108 valence electrons. The zero-order valence-corrected chi connectivity index (χ0v) is 12.0. The molecular formula is C14H26N4O. The van der Waals surface area contributed by atoms with Crippen molar-refractivity contribution in [2.75, 3.05) is 17.6 Å². The van der Waals surface area contributed by atoms with Gasteiger partial charge in [0.2, 0.25) is 0 Å². The van der Waals surface area contributed by atoms with Crippen molar-refractivity contribution in [2.24, 2.45) is 5.92 Å². The molecular weight excluding hydrogens is 240 g/mol. The van der Waals surface area contributed by atoms with E-state index in [1.807, 2.05) is 11.6 Å². The van der Waals surface area contributed by atoms with E-state index in [-0.39, 0.29) is 6.10 Å². The molecule has 5 heteroatoms. The number of aromatic nitrogens is 2. The van der Waals surface area contributed by atoms with Crippen LogP contribution in [0.3, 0.4) is 0 Å². The van der Waals surface area contributed by atoms with Crippen molar-refractivity contribution in [1.82, 2.24) is 9.78 Å². The van der Waals surface area contributed by atoms with Crippen LogP contribution in [0.4, 0.5) is 11.5 Å². The zero-order chi connectivity index (χ0) is 13.8. The average molecular weight is 266 g/mol. The molecule has 0 spiro atoms. The second kappa shape index (κ2) is 6.28. The van der Waals surface area contributed by atoms with Gasteiger partial charge in [0, 0.05) is 13.1 Å². The minimum atomic E-state index is -0.125. The van der Waals surface area contributed by atoms with Crippen molar-refractivity contribution in [1.29, 1.82) is 0 Å². The Labute approximate surface area is 115 Å². The molecule has 2 unspecified atom stereocenters. The first-order valence-corrected chi connectivity index (χ1v) is 7.36. The molecule has 0 radical (unpaired) electrons. The van der Waals surface area contributed by atoms with Gasteiger partial charge in [-0.2, -0.15) is 5.10 Å².